The molecule has 2 heterocycles. The van der Waals surface area contributed by atoms with Gasteiger partial charge in [0, 0.05) is 6.20 Å². The summed E-state index contributed by atoms with van der Waals surface area (Å²) in [4.78, 5) is 18.9. The van der Waals surface area contributed by atoms with Crippen LogP contribution < -0.4 is 0 Å². The molecule has 1 N–H and O–H groups in total. The van der Waals surface area contributed by atoms with E-state index in [1.165, 1.54) is 12.3 Å². The number of carbonyl (C=O) groups is 1. The molecule has 0 aliphatic heterocycles. The lowest BCUT2D eigenvalue weighted by Crippen LogP contribution is -1.97. The maximum atomic E-state index is 10.6. The third-order valence-corrected chi connectivity index (χ3v) is 2.43. The van der Waals surface area contributed by atoms with Crippen molar-refractivity contribution in [3.63, 3.8) is 0 Å². The molecule has 0 fully saturated rings. The molecule has 0 bridgehead atoms. The van der Waals surface area contributed by atoms with Crippen LogP contribution in [-0.4, -0.2) is 21.0 Å². The van der Waals surface area contributed by atoms with Crippen molar-refractivity contribution < 1.29 is 9.90 Å². The standard InChI is InChI=1S/C11H7BrN2O2/c12-10-3-1-2-9(14-10)8-5-4-7(6-13-8)11(15)16/h1-6H,(H,15,16). The zero-order chi connectivity index (χ0) is 11.5. The Bertz CT molecular complexity index is 526. The zero-order valence-electron chi connectivity index (χ0n) is 8.09. The van der Waals surface area contributed by atoms with Crippen molar-refractivity contribution in [2.24, 2.45) is 0 Å². The summed E-state index contributed by atoms with van der Waals surface area (Å²) in [6.07, 6.45) is 1.32. The number of rotatable bonds is 2. The van der Waals surface area contributed by atoms with Crippen molar-refractivity contribution in [1.29, 1.82) is 0 Å². The Balaban J connectivity index is 2.38. The van der Waals surface area contributed by atoms with E-state index in [0.717, 1.165) is 0 Å². The molecule has 0 unspecified atom stereocenters. The van der Waals surface area contributed by atoms with E-state index in [1.54, 1.807) is 6.07 Å². The Kier molecular flexibility index (Phi) is 2.96. The van der Waals surface area contributed by atoms with Crippen molar-refractivity contribution in [3.05, 3.63) is 46.7 Å². The normalized spacial score (nSPS) is 10.1. The van der Waals surface area contributed by atoms with Crippen LogP contribution in [0.5, 0.6) is 0 Å². The Morgan fingerprint density at radius 1 is 1.19 bits per heavy atom. The van der Waals surface area contributed by atoms with Gasteiger partial charge >= 0.3 is 5.97 Å². The Morgan fingerprint density at radius 2 is 2.00 bits per heavy atom. The summed E-state index contributed by atoms with van der Waals surface area (Å²) >= 11 is 3.26. The maximum Gasteiger partial charge on any atom is 0.337 e. The fraction of sp³-hybridized carbons (Fsp3) is 0. The van der Waals surface area contributed by atoms with Gasteiger partial charge in [-0.3, -0.25) is 4.98 Å². The van der Waals surface area contributed by atoms with Gasteiger partial charge < -0.3 is 5.11 Å². The first-order valence-corrected chi connectivity index (χ1v) is 5.28. The first-order chi connectivity index (χ1) is 7.66. The second-order valence-electron chi connectivity index (χ2n) is 3.08. The van der Waals surface area contributed by atoms with E-state index in [-0.39, 0.29) is 5.56 Å². The van der Waals surface area contributed by atoms with E-state index in [2.05, 4.69) is 25.9 Å². The molecule has 16 heavy (non-hydrogen) atoms. The van der Waals surface area contributed by atoms with Gasteiger partial charge in [0.1, 0.15) is 4.60 Å². The topological polar surface area (TPSA) is 63.1 Å². The number of nitrogens with zero attached hydrogens (tertiary/aromatic N) is 2. The van der Waals surface area contributed by atoms with Crippen molar-refractivity contribution in [3.8, 4) is 11.4 Å². The van der Waals surface area contributed by atoms with Gasteiger partial charge in [-0.1, -0.05) is 6.07 Å². The highest BCUT2D eigenvalue weighted by Gasteiger charge is 2.05. The Morgan fingerprint density at radius 3 is 2.56 bits per heavy atom. The van der Waals surface area contributed by atoms with Gasteiger partial charge in [0.05, 0.1) is 17.0 Å². The first-order valence-electron chi connectivity index (χ1n) is 4.49. The first kappa shape index (κ1) is 10.8. The molecular formula is C11H7BrN2O2. The summed E-state index contributed by atoms with van der Waals surface area (Å²) in [6.45, 7) is 0. The molecule has 4 nitrogen and oxygen atoms in total. The van der Waals surface area contributed by atoms with E-state index >= 15 is 0 Å². The summed E-state index contributed by atoms with van der Waals surface area (Å²) in [5.41, 5.74) is 1.51. The fourth-order valence-corrected chi connectivity index (χ4v) is 1.57. The fourth-order valence-electron chi connectivity index (χ4n) is 1.22. The lowest BCUT2D eigenvalue weighted by atomic mass is 10.2. The highest BCUT2D eigenvalue weighted by Crippen LogP contribution is 2.17. The number of hydrogen-bond donors (Lipinski definition) is 1. The van der Waals surface area contributed by atoms with Crippen LogP contribution in [0.3, 0.4) is 0 Å². The lowest BCUT2D eigenvalue weighted by Gasteiger charge is -2.00. The van der Waals surface area contributed by atoms with Gasteiger partial charge in [-0.2, -0.15) is 0 Å². The van der Waals surface area contributed by atoms with Crippen LogP contribution in [0.1, 0.15) is 10.4 Å². The van der Waals surface area contributed by atoms with E-state index in [4.69, 9.17) is 5.11 Å². The minimum absolute atomic E-state index is 0.166. The summed E-state index contributed by atoms with van der Waals surface area (Å²) in [5, 5.41) is 8.73. The van der Waals surface area contributed by atoms with E-state index in [1.807, 2.05) is 18.2 Å². The average Bonchev–Trinajstić information content (AvgIpc) is 2.29. The highest BCUT2D eigenvalue weighted by atomic mass is 79.9. The largest absolute Gasteiger partial charge is 0.478 e. The van der Waals surface area contributed by atoms with E-state index in [0.29, 0.717) is 16.0 Å². The number of carboxylic acids is 1. The molecule has 0 amide bonds. The molecule has 2 aromatic rings. The van der Waals surface area contributed by atoms with Gasteiger partial charge in [-0.15, -0.1) is 0 Å². The molecule has 5 heteroatoms. The third-order valence-electron chi connectivity index (χ3n) is 1.99. The number of pyridine rings is 2. The molecule has 2 aromatic heterocycles. The van der Waals surface area contributed by atoms with Crippen LogP contribution >= 0.6 is 15.9 Å². The molecule has 0 spiro atoms. The minimum Gasteiger partial charge on any atom is -0.478 e. The quantitative estimate of drug-likeness (QED) is 0.858. The molecule has 0 radical (unpaired) electrons. The second-order valence-corrected chi connectivity index (χ2v) is 3.90. The summed E-state index contributed by atoms with van der Waals surface area (Å²) < 4.78 is 0.717. The number of carboxylic acid groups (broad SMARTS) is 1. The molecule has 2 rings (SSSR count). The van der Waals surface area contributed by atoms with Crippen LogP contribution in [0.25, 0.3) is 11.4 Å². The lowest BCUT2D eigenvalue weighted by molar-refractivity contribution is 0.0696. The van der Waals surface area contributed by atoms with Gasteiger partial charge in [0.25, 0.3) is 0 Å². The predicted octanol–water partition coefficient (Wildman–Crippen LogP) is 2.60. The van der Waals surface area contributed by atoms with Crippen molar-refractivity contribution >= 4 is 21.9 Å². The van der Waals surface area contributed by atoms with Crippen LogP contribution in [-0.2, 0) is 0 Å². The number of aromatic nitrogens is 2. The van der Waals surface area contributed by atoms with Crippen LogP contribution in [0, 0.1) is 0 Å². The van der Waals surface area contributed by atoms with Crippen molar-refractivity contribution in [2.45, 2.75) is 0 Å². The third kappa shape index (κ3) is 2.25. The van der Waals surface area contributed by atoms with Gasteiger partial charge in [-0.25, -0.2) is 9.78 Å². The molecular weight excluding hydrogens is 272 g/mol. The molecule has 0 aliphatic rings. The minimum atomic E-state index is -0.985. The molecule has 80 valence electrons. The summed E-state index contributed by atoms with van der Waals surface area (Å²) in [6, 6.07) is 8.62. The molecule has 0 atom stereocenters. The van der Waals surface area contributed by atoms with Crippen LogP contribution in [0.2, 0.25) is 0 Å². The number of aromatic carboxylic acids is 1. The Hall–Kier alpha value is -1.75. The monoisotopic (exact) mass is 278 g/mol. The van der Waals surface area contributed by atoms with Gasteiger partial charge in [-0.05, 0) is 40.2 Å². The SMILES string of the molecule is O=C(O)c1ccc(-c2cccc(Br)n2)nc1. The van der Waals surface area contributed by atoms with Crippen molar-refractivity contribution in [2.75, 3.05) is 0 Å². The molecule has 0 aromatic carbocycles. The van der Waals surface area contributed by atoms with Gasteiger partial charge in [0.2, 0.25) is 0 Å². The Labute approximate surface area is 100 Å². The average molecular weight is 279 g/mol. The maximum absolute atomic E-state index is 10.6. The smallest absolute Gasteiger partial charge is 0.337 e. The number of hydrogen-bond acceptors (Lipinski definition) is 3. The van der Waals surface area contributed by atoms with Gasteiger partial charge in [0.15, 0.2) is 0 Å². The van der Waals surface area contributed by atoms with E-state index in [9.17, 15) is 4.79 Å². The van der Waals surface area contributed by atoms with Crippen molar-refractivity contribution in [1.82, 2.24) is 9.97 Å². The zero-order valence-corrected chi connectivity index (χ0v) is 9.68. The van der Waals surface area contributed by atoms with Crippen LogP contribution in [0.4, 0.5) is 0 Å². The summed E-state index contributed by atoms with van der Waals surface area (Å²) in [7, 11) is 0. The highest BCUT2D eigenvalue weighted by molar-refractivity contribution is 9.10. The molecule has 0 saturated heterocycles. The predicted molar refractivity (Wildman–Crippen MR) is 62.1 cm³/mol. The molecule has 0 aliphatic carbocycles. The second kappa shape index (κ2) is 4.40. The van der Waals surface area contributed by atoms with E-state index < -0.39 is 5.97 Å². The van der Waals surface area contributed by atoms with Crippen LogP contribution in [0.15, 0.2) is 41.1 Å². The molecule has 0 saturated carbocycles. The summed E-state index contributed by atoms with van der Waals surface area (Å²) in [5.74, 6) is -0.985. The number of halogens is 1.